The van der Waals surface area contributed by atoms with E-state index in [-0.39, 0.29) is 10.0 Å². The molecule has 1 atom stereocenters. The molecule has 36 valence electrons. The number of nitrogens with zero attached hydrogens (tertiary/aromatic N) is 1. The molecule has 0 aromatic rings. The molecule has 0 saturated carbocycles. The van der Waals surface area contributed by atoms with Gasteiger partial charge in [-0.2, -0.15) is 0 Å². The summed E-state index contributed by atoms with van der Waals surface area (Å²) in [6, 6.07) is 0. The van der Waals surface area contributed by atoms with Gasteiger partial charge in [0.05, 0.1) is 23.2 Å². The lowest BCUT2D eigenvalue weighted by Crippen LogP contribution is -1.81. The second-order valence-corrected chi connectivity index (χ2v) is 2.80. The lowest BCUT2D eigenvalue weighted by molar-refractivity contribution is 0.408. The van der Waals surface area contributed by atoms with E-state index < -0.39 is 0 Å². The molecule has 0 radical (unpaired) electrons. The third-order valence-electron chi connectivity index (χ3n) is 0.482. The van der Waals surface area contributed by atoms with Crippen LogP contribution in [0.4, 0.5) is 0 Å². The van der Waals surface area contributed by atoms with E-state index in [2.05, 4.69) is 16.0 Å². The van der Waals surface area contributed by atoms with Crippen molar-refractivity contribution in [1.82, 2.24) is 0 Å². The normalized spacial score (nSPS) is 33.2. The molecule has 0 bridgehead atoms. The molecule has 0 aromatic heterocycles. The SMILES string of the molecule is SS1=NCCO1. The Labute approximate surface area is 44.0 Å². The van der Waals surface area contributed by atoms with Crippen LogP contribution in [-0.2, 0) is 14.2 Å². The monoisotopic (exact) mass is 123 g/mol. The van der Waals surface area contributed by atoms with E-state index in [1.54, 1.807) is 0 Å². The molecule has 0 amide bonds. The van der Waals surface area contributed by atoms with E-state index in [1.807, 2.05) is 0 Å². The van der Waals surface area contributed by atoms with Crippen LogP contribution < -0.4 is 0 Å². The second kappa shape index (κ2) is 1.95. The van der Waals surface area contributed by atoms with Crippen LogP contribution >= 0.6 is 11.7 Å². The fraction of sp³-hybridized carbons (Fsp3) is 1.00. The minimum Gasteiger partial charge on any atom is -0.296 e. The van der Waals surface area contributed by atoms with Crippen molar-refractivity contribution < 1.29 is 4.18 Å². The molecule has 0 N–H and O–H groups in total. The highest BCUT2D eigenvalue weighted by molar-refractivity contribution is 8.59. The Morgan fingerprint density at radius 1 is 1.83 bits per heavy atom. The Morgan fingerprint density at radius 2 is 2.67 bits per heavy atom. The Balaban J connectivity index is 2.45. The summed E-state index contributed by atoms with van der Waals surface area (Å²) in [7, 11) is -0.353. The van der Waals surface area contributed by atoms with Crippen LogP contribution in [0.3, 0.4) is 0 Å². The Bertz CT molecular complexity index is 81.6. The molecular weight excluding hydrogens is 118 g/mol. The lowest BCUT2D eigenvalue weighted by Gasteiger charge is -1.82. The quantitative estimate of drug-likeness (QED) is 0.369. The van der Waals surface area contributed by atoms with Crippen LogP contribution in [0, 0.1) is 0 Å². The smallest absolute Gasteiger partial charge is 0.0896 e. The molecule has 6 heavy (non-hydrogen) atoms. The highest BCUT2D eigenvalue weighted by Crippen LogP contribution is 2.02. The van der Waals surface area contributed by atoms with Crippen molar-refractivity contribution in [1.29, 1.82) is 0 Å². The Kier molecular flexibility index (Phi) is 1.50. The zero-order valence-corrected chi connectivity index (χ0v) is 4.84. The van der Waals surface area contributed by atoms with Crippen LogP contribution in [-0.4, -0.2) is 13.2 Å². The molecule has 0 spiro atoms. The topological polar surface area (TPSA) is 21.6 Å². The van der Waals surface area contributed by atoms with Crippen molar-refractivity contribution in [3.05, 3.63) is 0 Å². The molecule has 1 rings (SSSR count). The van der Waals surface area contributed by atoms with Gasteiger partial charge in [0.2, 0.25) is 0 Å². The lowest BCUT2D eigenvalue weighted by atomic mass is 10.8. The van der Waals surface area contributed by atoms with Crippen molar-refractivity contribution in [3.8, 4) is 0 Å². The first-order valence-electron chi connectivity index (χ1n) is 1.64. The van der Waals surface area contributed by atoms with Crippen molar-refractivity contribution in [3.63, 3.8) is 0 Å². The maximum atomic E-state index is 4.88. The summed E-state index contributed by atoms with van der Waals surface area (Å²) in [5, 5.41) is 0. The highest BCUT2D eigenvalue weighted by atomic mass is 33.1. The van der Waals surface area contributed by atoms with Crippen molar-refractivity contribution in [2.24, 2.45) is 4.36 Å². The average Bonchev–Trinajstić information content (AvgIpc) is 1.86. The first kappa shape index (κ1) is 4.61. The van der Waals surface area contributed by atoms with Crippen LogP contribution in [0.2, 0.25) is 0 Å². The molecule has 1 aliphatic heterocycles. The van der Waals surface area contributed by atoms with Crippen LogP contribution in [0.15, 0.2) is 4.36 Å². The predicted molar refractivity (Wildman–Crippen MR) is 29.6 cm³/mol. The van der Waals surface area contributed by atoms with E-state index in [9.17, 15) is 0 Å². The molecule has 1 heterocycles. The van der Waals surface area contributed by atoms with Gasteiger partial charge in [-0.25, -0.2) is 4.36 Å². The summed E-state index contributed by atoms with van der Waals surface area (Å²) in [4.78, 5) is 0. The third-order valence-corrected chi connectivity index (χ3v) is 1.93. The predicted octanol–water partition coefficient (Wildman–Crippen LogP) is 0.578. The summed E-state index contributed by atoms with van der Waals surface area (Å²) >= 11 is 3.93. The van der Waals surface area contributed by atoms with Crippen LogP contribution in [0.5, 0.6) is 0 Å². The third kappa shape index (κ3) is 0.959. The first-order valence-corrected chi connectivity index (χ1v) is 3.80. The van der Waals surface area contributed by atoms with E-state index in [0.29, 0.717) is 0 Å². The van der Waals surface area contributed by atoms with Gasteiger partial charge in [-0.05, 0) is 0 Å². The molecule has 2 nitrogen and oxygen atoms in total. The standard InChI is InChI=1S/C2H5NOS2/c5-6-3-1-2-4-6/h1-2H2,(H,3,5). The largest absolute Gasteiger partial charge is 0.296 e. The summed E-state index contributed by atoms with van der Waals surface area (Å²) in [6.07, 6.45) is 0. The van der Waals surface area contributed by atoms with Gasteiger partial charge in [0.15, 0.2) is 0 Å². The number of hydrogen-bond acceptors (Lipinski definition) is 2. The van der Waals surface area contributed by atoms with Gasteiger partial charge < -0.3 is 0 Å². The molecule has 4 heteroatoms. The minimum atomic E-state index is -0.353. The summed E-state index contributed by atoms with van der Waals surface area (Å²) in [6.45, 7) is 1.58. The van der Waals surface area contributed by atoms with Gasteiger partial charge in [-0.15, -0.1) is 0 Å². The fourth-order valence-electron chi connectivity index (χ4n) is 0.264. The molecule has 1 unspecified atom stereocenters. The molecular formula is C2H5NOS2. The number of rotatable bonds is 0. The van der Waals surface area contributed by atoms with Crippen molar-refractivity contribution >= 4 is 21.7 Å². The average molecular weight is 123 g/mol. The van der Waals surface area contributed by atoms with Crippen molar-refractivity contribution in [2.45, 2.75) is 0 Å². The molecule has 0 aromatic carbocycles. The van der Waals surface area contributed by atoms with E-state index in [1.165, 1.54) is 0 Å². The van der Waals surface area contributed by atoms with E-state index in [4.69, 9.17) is 4.18 Å². The van der Waals surface area contributed by atoms with Gasteiger partial charge in [-0.3, -0.25) is 4.18 Å². The van der Waals surface area contributed by atoms with Crippen molar-refractivity contribution in [2.75, 3.05) is 13.2 Å². The van der Waals surface area contributed by atoms with Crippen LogP contribution in [0.25, 0.3) is 0 Å². The highest BCUT2D eigenvalue weighted by Gasteiger charge is 1.96. The summed E-state index contributed by atoms with van der Waals surface area (Å²) in [5.74, 6) is 0. The maximum Gasteiger partial charge on any atom is 0.0896 e. The van der Waals surface area contributed by atoms with Gasteiger partial charge in [0, 0.05) is 0 Å². The van der Waals surface area contributed by atoms with E-state index in [0.717, 1.165) is 13.2 Å². The van der Waals surface area contributed by atoms with Gasteiger partial charge >= 0.3 is 0 Å². The van der Waals surface area contributed by atoms with E-state index >= 15 is 0 Å². The van der Waals surface area contributed by atoms with Gasteiger partial charge in [0.1, 0.15) is 0 Å². The molecule has 0 aliphatic carbocycles. The second-order valence-electron chi connectivity index (χ2n) is 0.905. The zero-order chi connectivity index (χ0) is 4.41. The molecule has 0 fully saturated rings. The Hall–Kier alpha value is 0.460. The molecule has 0 saturated heterocycles. The number of thiol groups is 1. The fourth-order valence-corrected chi connectivity index (χ4v) is 1.26. The van der Waals surface area contributed by atoms with Gasteiger partial charge in [-0.1, -0.05) is 11.7 Å². The summed E-state index contributed by atoms with van der Waals surface area (Å²) < 4.78 is 8.78. The summed E-state index contributed by atoms with van der Waals surface area (Å²) in [5.41, 5.74) is 0. The Morgan fingerprint density at radius 3 is 2.83 bits per heavy atom. The van der Waals surface area contributed by atoms with Crippen LogP contribution in [0.1, 0.15) is 0 Å². The van der Waals surface area contributed by atoms with Gasteiger partial charge in [0.25, 0.3) is 0 Å². The zero-order valence-electron chi connectivity index (χ0n) is 3.13. The maximum absolute atomic E-state index is 4.88. The number of hydrogen-bond donors (Lipinski definition) is 1. The minimum absolute atomic E-state index is 0.353. The molecule has 1 aliphatic rings. The first-order chi connectivity index (χ1) is 2.89.